The summed E-state index contributed by atoms with van der Waals surface area (Å²) in [5.74, 6) is 0.387. The third kappa shape index (κ3) is 3.94. The Bertz CT molecular complexity index is 650. The lowest BCUT2D eigenvalue weighted by Gasteiger charge is -2.39. The number of hydrogen-bond acceptors (Lipinski definition) is 5. The maximum atomic E-state index is 12.6. The summed E-state index contributed by atoms with van der Waals surface area (Å²) in [6, 6.07) is 9.28. The van der Waals surface area contributed by atoms with Crippen molar-refractivity contribution in [3.8, 4) is 11.8 Å². The van der Waals surface area contributed by atoms with Crippen molar-refractivity contribution in [1.82, 2.24) is 9.80 Å². The summed E-state index contributed by atoms with van der Waals surface area (Å²) in [5.41, 5.74) is 0.433. The summed E-state index contributed by atoms with van der Waals surface area (Å²) in [6.45, 7) is 4.60. The summed E-state index contributed by atoms with van der Waals surface area (Å²) in [6.07, 6.45) is 2.14. The molecule has 134 valence electrons. The first kappa shape index (κ1) is 17.7. The molecular formula is C19H25N3O3. The average Bonchev–Trinajstić information content (AvgIpc) is 3.07. The lowest BCUT2D eigenvalue weighted by molar-refractivity contribution is -0.140. The zero-order valence-corrected chi connectivity index (χ0v) is 14.6. The summed E-state index contributed by atoms with van der Waals surface area (Å²) in [7, 11) is 0. The van der Waals surface area contributed by atoms with E-state index in [4.69, 9.17) is 10.00 Å². The van der Waals surface area contributed by atoms with E-state index in [0.29, 0.717) is 24.4 Å². The van der Waals surface area contributed by atoms with Crippen LogP contribution in [-0.4, -0.2) is 65.2 Å². The second-order valence-electron chi connectivity index (χ2n) is 6.79. The molecule has 1 saturated heterocycles. The van der Waals surface area contributed by atoms with Gasteiger partial charge in [-0.15, -0.1) is 0 Å². The first-order chi connectivity index (χ1) is 12.1. The van der Waals surface area contributed by atoms with Crippen LogP contribution in [0.5, 0.6) is 5.75 Å². The van der Waals surface area contributed by atoms with Crippen molar-refractivity contribution in [2.75, 3.05) is 26.2 Å². The molecule has 2 aliphatic rings. The molecule has 1 aliphatic carbocycles. The number of nitrogens with zero attached hydrogens (tertiary/aromatic N) is 3. The van der Waals surface area contributed by atoms with Crippen LogP contribution >= 0.6 is 0 Å². The van der Waals surface area contributed by atoms with Crippen molar-refractivity contribution < 1.29 is 14.6 Å². The van der Waals surface area contributed by atoms with Gasteiger partial charge >= 0.3 is 0 Å². The largest absolute Gasteiger partial charge is 0.480 e. The minimum atomic E-state index is -0.627. The third-order valence-electron chi connectivity index (χ3n) is 5.20. The number of benzene rings is 1. The van der Waals surface area contributed by atoms with E-state index < -0.39 is 6.10 Å². The topological polar surface area (TPSA) is 76.8 Å². The van der Waals surface area contributed by atoms with Gasteiger partial charge in [-0.2, -0.15) is 5.26 Å². The standard InChI is InChI=1S/C19H25N3O3/c1-14(25-18-8-3-2-5-15(18)13-20)19(24)22-11-9-21(10-12-22)16-6-4-7-17(16)23/h2-3,5,8,14,16-17,23H,4,6-7,9-12H2,1H3/t14-,16+,17+/m0/s1. The van der Waals surface area contributed by atoms with Crippen LogP contribution in [0.1, 0.15) is 31.7 Å². The highest BCUT2D eigenvalue weighted by Gasteiger charge is 2.34. The Morgan fingerprint density at radius 1 is 1.28 bits per heavy atom. The molecule has 0 radical (unpaired) electrons. The van der Waals surface area contributed by atoms with Gasteiger partial charge in [0.15, 0.2) is 6.10 Å². The molecule has 6 nitrogen and oxygen atoms in total. The number of ether oxygens (including phenoxy) is 1. The Kier molecular flexibility index (Phi) is 5.57. The highest BCUT2D eigenvalue weighted by atomic mass is 16.5. The molecule has 1 saturated carbocycles. The van der Waals surface area contributed by atoms with Crippen LogP contribution in [0.25, 0.3) is 0 Å². The number of carbonyl (C=O) groups excluding carboxylic acids is 1. The molecular weight excluding hydrogens is 318 g/mol. The lowest BCUT2D eigenvalue weighted by atomic mass is 10.1. The molecule has 0 spiro atoms. The Morgan fingerprint density at radius 3 is 2.64 bits per heavy atom. The molecule has 2 fully saturated rings. The van der Waals surface area contributed by atoms with Gasteiger partial charge < -0.3 is 14.7 Å². The minimum absolute atomic E-state index is 0.0561. The van der Waals surface area contributed by atoms with Crippen LogP contribution in [0.15, 0.2) is 24.3 Å². The van der Waals surface area contributed by atoms with E-state index in [-0.39, 0.29) is 18.1 Å². The molecule has 3 rings (SSSR count). The smallest absolute Gasteiger partial charge is 0.263 e. The maximum Gasteiger partial charge on any atom is 0.263 e. The molecule has 0 aromatic heterocycles. The van der Waals surface area contributed by atoms with E-state index in [2.05, 4.69) is 11.0 Å². The predicted octanol–water partition coefficient (Wildman–Crippen LogP) is 1.38. The molecule has 1 heterocycles. The van der Waals surface area contributed by atoms with Gasteiger partial charge in [-0.25, -0.2) is 0 Å². The van der Waals surface area contributed by atoms with Crippen molar-refractivity contribution in [3.05, 3.63) is 29.8 Å². The van der Waals surface area contributed by atoms with Gasteiger partial charge in [-0.05, 0) is 38.3 Å². The third-order valence-corrected chi connectivity index (χ3v) is 5.20. The van der Waals surface area contributed by atoms with Crippen molar-refractivity contribution in [1.29, 1.82) is 5.26 Å². The van der Waals surface area contributed by atoms with Gasteiger partial charge in [0, 0.05) is 32.2 Å². The summed E-state index contributed by atoms with van der Waals surface area (Å²) in [4.78, 5) is 16.8. The summed E-state index contributed by atoms with van der Waals surface area (Å²) in [5, 5.41) is 19.2. The second-order valence-corrected chi connectivity index (χ2v) is 6.79. The van der Waals surface area contributed by atoms with E-state index in [1.165, 1.54) is 0 Å². The monoisotopic (exact) mass is 343 g/mol. The Hall–Kier alpha value is -2.10. The number of rotatable bonds is 4. The zero-order valence-electron chi connectivity index (χ0n) is 14.6. The SMILES string of the molecule is C[C@H](Oc1ccccc1C#N)C(=O)N1CCN([C@@H]2CCC[C@H]2O)CC1. The highest BCUT2D eigenvalue weighted by Crippen LogP contribution is 2.25. The van der Waals surface area contributed by atoms with Gasteiger partial charge in [0.1, 0.15) is 11.8 Å². The normalized spacial score (nSPS) is 25.4. The fourth-order valence-electron chi connectivity index (χ4n) is 3.78. The molecule has 25 heavy (non-hydrogen) atoms. The molecule has 1 N–H and O–H groups in total. The van der Waals surface area contributed by atoms with Gasteiger partial charge in [-0.3, -0.25) is 9.69 Å². The molecule has 6 heteroatoms. The van der Waals surface area contributed by atoms with Crippen LogP contribution in [0.4, 0.5) is 0 Å². The predicted molar refractivity (Wildman–Crippen MR) is 93.0 cm³/mol. The van der Waals surface area contributed by atoms with Crippen molar-refractivity contribution in [2.45, 2.75) is 44.4 Å². The Balaban J connectivity index is 1.54. The number of aliphatic hydroxyl groups excluding tert-OH is 1. The average molecular weight is 343 g/mol. The molecule has 0 bridgehead atoms. The van der Waals surface area contributed by atoms with E-state index in [9.17, 15) is 9.90 Å². The first-order valence-corrected chi connectivity index (χ1v) is 8.97. The summed E-state index contributed by atoms with van der Waals surface area (Å²) < 4.78 is 5.73. The molecule has 0 unspecified atom stereocenters. The number of carbonyl (C=O) groups is 1. The van der Waals surface area contributed by atoms with Gasteiger partial charge in [0.25, 0.3) is 5.91 Å². The van der Waals surface area contributed by atoms with Gasteiger partial charge in [0.2, 0.25) is 0 Å². The van der Waals surface area contributed by atoms with E-state index in [0.717, 1.165) is 32.4 Å². The van der Waals surface area contributed by atoms with E-state index in [1.54, 1.807) is 31.2 Å². The van der Waals surface area contributed by atoms with Crippen molar-refractivity contribution >= 4 is 5.91 Å². The van der Waals surface area contributed by atoms with Crippen LogP contribution < -0.4 is 4.74 Å². The van der Waals surface area contributed by atoms with Gasteiger partial charge in [-0.1, -0.05) is 12.1 Å². The lowest BCUT2D eigenvalue weighted by Crippen LogP contribution is -2.55. The highest BCUT2D eigenvalue weighted by molar-refractivity contribution is 5.81. The molecule has 1 aliphatic heterocycles. The van der Waals surface area contributed by atoms with Crippen LogP contribution in [0, 0.1) is 11.3 Å². The Morgan fingerprint density at radius 2 is 2.00 bits per heavy atom. The van der Waals surface area contributed by atoms with E-state index >= 15 is 0 Å². The summed E-state index contributed by atoms with van der Waals surface area (Å²) >= 11 is 0. The van der Waals surface area contributed by atoms with Gasteiger partial charge in [0.05, 0.1) is 11.7 Å². The molecule has 1 aromatic rings. The number of piperazine rings is 1. The Labute approximate surface area is 148 Å². The van der Waals surface area contributed by atoms with E-state index in [1.807, 2.05) is 4.90 Å². The zero-order chi connectivity index (χ0) is 17.8. The number of para-hydroxylation sites is 1. The fourth-order valence-corrected chi connectivity index (χ4v) is 3.78. The first-order valence-electron chi connectivity index (χ1n) is 8.97. The maximum absolute atomic E-state index is 12.6. The van der Waals surface area contributed by atoms with Crippen LogP contribution in [-0.2, 0) is 4.79 Å². The number of amides is 1. The van der Waals surface area contributed by atoms with Crippen molar-refractivity contribution in [2.24, 2.45) is 0 Å². The molecule has 1 amide bonds. The van der Waals surface area contributed by atoms with Crippen LogP contribution in [0.3, 0.4) is 0 Å². The second kappa shape index (κ2) is 7.85. The molecule has 3 atom stereocenters. The van der Waals surface area contributed by atoms with Crippen molar-refractivity contribution in [3.63, 3.8) is 0 Å². The number of nitriles is 1. The minimum Gasteiger partial charge on any atom is -0.480 e. The number of aliphatic hydroxyl groups is 1. The van der Waals surface area contributed by atoms with Crippen LogP contribution in [0.2, 0.25) is 0 Å². The number of hydrogen-bond donors (Lipinski definition) is 1. The quantitative estimate of drug-likeness (QED) is 0.894. The fraction of sp³-hybridized carbons (Fsp3) is 0.579. The molecule has 1 aromatic carbocycles.